The quantitative estimate of drug-likeness (QED) is 0.606. The predicted octanol–water partition coefficient (Wildman–Crippen LogP) is 5.41. The summed E-state index contributed by atoms with van der Waals surface area (Å²) in [6, 6.07) is 18.6. The Morgan fingerprint density at radius 2 is 1.89 bits per heavy atom. The normalized spacial score (nSPS) is 14.5. The van der Waals surface area contributed by atoms with Gasteiger partial charge in [-0.3, -0.25) is 9.59 Å². The monoisotopic (exact) mass is 389 g/mol. The number of Topliss-reactive ketones (excluding diaryl/α,β-unsaturated/α-hetero) is 1. The zero-order chi connectivity index (χ0) is 19.7. The Bertz CT molecular complexity index is 1090. The molecule has 2 aromatic carbocycles. The van der Waals surface area contributed by atoms with Crippen molar-refractivity contribution >= 4 is 29.5 Å². The largest absolute Gasteiger partial charge is 0.457 e. The Labute approximate surface area is 167 Å². The lowest BCUT2D eigenvalue weighted by Gasteiger charge is -2.08. The molecule has 1 amide bonds. The third kappa shape index (κ3) is 3.66. The molecule has 1 N–H and O–H groups in total. The van der Waals surface area contributed by atoms with Crippen molar-refractivity contribution in [3.63, 3.8) is 0 Å². The van der Waals surface area contributed by atoms with Gasteiger partial charge in [0.1, 0.15) is 11.5 Å². The van der Waals surface area contributed by atoms with Crippen LogP contribution in [0.1, 0.15) is 40.3 Å². The van der Waals surface area contributed by atoms with E-state index in [1.165, 1.54) is 11.8 Å². The lowest BCUT2D eigenvalue weighted by Crippen LogP contribution is -2.29. The van der Waals surface area contributed by atoms with Crippen LogP contribution in [0.3, 0.4) is 0 Å². The molecule has 0 atom stereocenters. The topological polar surface area (TPSA) is 59.3 Å². The van der Waals surface area contributed by atoms with E-state index in [4.69, 9.17) is 4.42 Å². The maximum Gasteiger partial charge on any atom is 0.251 e. The first-order valence-electron chi connectivity index (χ1n) is 9.05. The van der Waals surface area contributed by atoms with Gasteiger partial charge in [0.15, 0.2) is 0 Å². The van der Waals surface area contributed by atoms with Gasteiger partial charge < -0.3 is 9.73 Å². The smallest absolute Gasteiger partial charge is 0.251 e. The highest BCUT2D eigenvalue weighted by Gasteiger charge is 2.25. The van der Waals surface area contributed by atoms with Gasteiger partial charge in [-0.2, -0.15) is 0 Å². The summed E-state index contributed by atoms with van der Waals surface area (Å²) in [5, 5.41) is 2.89. The fraction of sp³-hybridized carbons (Fsp3) is 0.130. The van der Waals surface area contributed by atoms with Crippen molar-refractivity contribution < 1.29 is 14.0 Å². The van der Waals surface area contributed by atoms with Crippen molar-refractivity contribution in [2.24, 2.45) is 0 Å². The minimum absolute atomic E-state index is 0.0194. The molecule has 4 rings (SSSR count). The molecule has 0 fully saturated rings. The first-order valence-corrected chi connectivity index (χ1v) is 9.87. The van der Waals surface area contributed by atoms with E-state index < -0.39 is 0 Å². The van der Waals surface area contributed by atoms with E-state index in [0.717, 1.165) is 16.0 Å². The van der Waals surface area contributed by atoms with Crippen molar-refractivity contribution in [2.45, 2.75) is 24.8 Å². The molecule has 0 bridgehead atoms. The molecular weight excluding hydrogens is 370 g/mol. The Morgan fingerprint density at radius 3 is 2.68 bits per heavy atom. The summed E-state index contributed by atoms with van der Waals surface area (Å²) in [6.45, 7) is 3.85. The molecule has 1 aromatic heterocycles. The second kappa shape index (κ2) is 7.52. The van der Waals surface area contributed by atoms with Crippen LogP contribution in [0.25, 0.3) is 17.4 Å². The fourth-order valence-corrected chi connectivity index (χ4v) is 4.04. The van der Waals surface area contributed by atoms with Gasteiger partial charge in [0.25, 0.3) is 5.91 Å². The molecule has 0 aliphatic carbocycles. The molecule has 0 saturated carbocycles. The second-order valence-corrected chi connectivity index (χ2v) is 7.93. The molecule has 140 valence electrons. The second-order valence-electron chi connectivity index (χ2n) is 6.85. The third-order valence-corrected chi connectivity index (χ3v) is 5.40. The van der Waals surface area contributed by atoms with E-state index in [9.17, 15) is 9.59 Å². The first-order chi connectivity index (χ1) is 13.5. The minimum Gasteiger partial charge on any atom is -0.457 e. The van der Waals surface area contributed by atoms with E-state index in [1.54, 1.807) is 18.2 Å². The van der Waals surface area contributed by atoms with E-state index in [0.29, 0.717) is 22.0 Å². The standard InChI is InChI=1S/C23H19NO3S/c1-14(2)24-23(26)16-7-5-6-15(12-16)19-11-10-17(27-19)13-21-22(25)18-8-3-4-9-20(18)28-21/h3-14H,1-2H3,(H,24,26)/b21-13-. The van der Waals surface area contributed by atoms with Crippen LogP contribution in [0.4, 0.5) is 0 Å². The van der Waals surface area contributed by atoms with Gasteiger partial charge in [-0.1, -0.05) is 36.0 Å². The van der Waals surface area contributed by atoms with Gasteiger partial charge in [-0.15, -0.1) is 0 Å². The minimum atomic E-state index is -0.114. The fourth-order valence-electron chi connectivity index (χ4n) is 3.01. The molecule has 4 nitrogen and oxygen atoms in total. The highest BCUT2D eigenvalue weighted by atomic mass is 32.2. The van der Waals surface area contributed by atoms with Gasteiger partial charge in [-0.25, -0.2) is 0 Å². The van der Waals surface area contributed by atoms with Crippen LogP contribution < -0.4 is 5.32 Å². The Kier molecular flexibility index (Phi) is 4.92. The van der Waals surface area contributed by atoms with Crippen LogP contribution in [-0.2, 0) is 0 Å². The lowest BCUT2D eigenvalue weighted by molar-refractivity contribution is 0.0942. The summed E-state index contributed by atoms with van der Waals surface area (Å²) >= 11 is 1.45. The van der Waals surface area contributed by atoms with Crippen LogP contribution in [0.2, 0.25) is 0 Å². The number of nitrogens with one attached hydrogen (secondary N) is 1. The first kappa shape index (κ1) is 18.3. The number of carbonyl (C=O) groups excluding carboxylic acids is 2. The third-order valence-electron chi connectivity index (χ3n) is 4.30. The van der Waals surface area contributed by atoms with E-state index in [1.807, 2.05) is 62.4 Å². The number of carbonyl (C=O) groups is 2. The van der Waals surface area contributed by atoms with Gasteiger partial charge >= 0.3 is 0 Å². The average molecular weight is 389 g/mol. The Balaban J connectivity index is 1.58. The Hall–Kier alpha value is -3.05. The van der Waals surface area contributed by atoms with Crippen molar-refractivity contribution in [1.82, 2.24) is 5.32 Å². The molecule has 0 spiro atoms. The van der Waals surface area contributed by atoms with E-state index in [-0.39, 0.29) is 17.7 Å². The summed E-state index contributed by atoms with van der Waals surface area (Å²) in [5.41, 5.74) is 2.13. The Morgan fingerprint density at radius 1 is 1.07 bits per heavy atom. The van der Waals surface area contributed by atoms with E-state index in [2.05, 4.69) is 5.32 Å². The van der Waals surface area contributed by atoms with E-state index >= 15 is 0 Å². The van der Waals surface area contributed by atoms with Crippen molar-refractivity contribution in [1.29, 1.82) is 0 Å². The summed E-state index contributed by atoms with van der Waals surface area (Å²) in [6.07, 6.45) is 1.77. The van der Waals surface area contributed by atoms with Crippen LogP contribution in [-0.4, -0.2) is 17.7 Å². The summed E-state index contributed by atoms with van der Waals surface area (Å²) < 4.78 is 5.92. The number of hydrogen-bond acceptors (Lipinski definition) is 4. The summed E-state index contributed by atoms with van der Waals surface area (Å²) in [5.74, 6) is 1.16. The number of fused-ring (bicyclic) bond motifs is 1. The van der Waals surface area contributed by atoms with Gasteiger partial charge in [-0.05, 0) is 56.3 Å². The van der Waals surface area contributed by atoms with Crippen LogP contribution in [0.5, 0.6) is 0 Å². The molecule has 1 aliphatic heterocycles. The average Bonchev–Trinajstić information content (AvgIpc) is 3.27. The summed E-state index contributed by atoms with van der Waals surface area (Å²) in [4.78, 5) is 26.3. The van der Waals surface area contributed by atoms with Gasteiger partial charge in [0.05, 0.1) is 4.91 Å². The number of furan rings is 1. The highest BCUT2D eigenvalue weighted by molar-refractivity contribution is 8.04. The lowest BCUT2D eigenvalue weighted by atomic mass is 10.1. The zero-order valence-corrected chi connectivity index (χ0v) is 16.4. The highest BCUT2D eigenvalue weighted by Crippen LogP contribution is 2.40. The molecule has 28 heavy (non-hydrogen) atoms. The van der Waals surface area contributed by atoms with Crippen molar-refractivity contribution in [3.05, 3.63) is 82.5 Å². The molecule has 5 heteroatoms. The zero-order valence-electron chi connectivity index (χ0n) is 15.6. The summed E-state index contributed by atoms with van der Waals surface area (Å²) in [7, 11) is 0. The van der Waals surface area contributed by atoms with Crippen LogP contribution in [0, 0.1) is 0 Å². The number of benzene rings is 2. The maximum absolute atomic E-state index is 12.5. The predicted molar refractivity (Wildman–Crippen MR) is 111 cm³/mol. The molecule has 3 aromatic rings. The number of thioether (sulfide) groups is 1. The number of allylic oxidation sites excluding steroid dienone is 1. The molecule has 0 unspecified atom stereocenters. The van der Waals surface area contributed by atoms with Crippen molar-refractivity contribution in [2.75, 3.05) is 0 Å². The number of hydrogen-bond donors (Lipinski definition) is 1. The van der Waals surface area contributed by atoms with Crippen LogP contribution in [0.15, 0.2) is 74.9 Å². The van der Waals surface area contributed by atoms with Gasteiger partial charge in [0.2, 0.25) is 5.78 Å². The molecule has 0 radical (unpaired) electrons. The van der Waals surface area contributed by atoms with Crippen LogP contribution >= 0.6 is 11.8 Å². The maximum atomic E-state index is 12.5. The molecule has 0 saturated heterocycles. The SMILES string of the molecule is CC(C)NC(=O)c1cccc(-c2ccc(/C=C3\Sc4ccccc4C3=O)o2)c1. The molecule has 1 aliphatic rings. The number of ketones is 1. The van der Waals surface area contributed by atoms with Gasteiger partial charge in [0, 0.05) is 27.6 Å². The molecular formula is C23H19NO3S. The number of rotatable bonds is 4. The van der Waals surface area contributed by atoms with Crippen molar-refractivity contribution in [3.8, 4) is 11.3 Å². The number of amides is 1. The molecule has 2 heterocycles.